The molecule has 12 nitrogen and oxygen atoms in total. The minimum absolute atomic E-state index is 0.0657. The van der Waals surface area contributed by atoms with Gasteiger partial charge in [-0.15, -0.1) is 0 Å². The van der Waals surface area contributed by atoms with Gasteiger partial charge in [-0.05, 0) is 49.5 Å². The lowest BCUT2D eigenvalue weighted by atomic mass is 9.93. The summed E-state index contributed by atoms with van der Waals surface area (Å²) in [5.74, 6) is -0.127. The van der Waals surface area contributed by atoms with Crippen molar-refractivity contribution in [1.82, 2.24) is 24.7 Å². The predicted octanol–water partition coefficient (Wildman–Crippen LogP) is 3.14. The lowest BCUT2D eigenvalue weighted by molar-refractivity contribution is -0.121. The van der Waals surface area contributed by atoms with Gasteiger partial charge in [-0.2, -0.15) is 0 Å². The van der Waals surface area contributed by atoms with Crippen LogP contribution in [0.1, 0.15) is 17.0 Å². The molecular weight excluding hydrogens is 588 g/mol. The van der Waals surface area contributed by atoms with Gasteiger partial charge in [0.2, 0.25) is 11.8 Å². The monoisotopic (exact) mass is 632 g/mol. The third-order valence-corrected chi connectivity index (χ3v) is 8.28. The zero-order valence-corrected chi connectivity index (χ0v) is 26.9. The summed E-state index contributed by atoms with van der Waals surface area (Å²) in [6, 6.07) is 12.5. The average Bonchev–Trinajstić information content (AvgIpc) is 3.77. The molecule has 0 aliphatic carbocycles. The Balaban J connectivity index is 1.10. The molecule has 3 heterocycles. The number of carbonyl (C=O) groups excluding carboxylic acids is 2. The fourth-order valence-electron chi connectivity index (χ4n) is 6.05. The minimum atomic E-state index is -0.226. The van der Waals surface area contributed by atoms with Crippen molar-refractivity contribution in [2.45, 2.75) is 18.5 Å². The molecule has 2 amide bonds. The van der Waals surface area contributed by atoms with Crippen molar-refractivity contribution in [3.05, 3.63) is 72.8 Å². The minimum Gasteiger partial charge on any atom is -0.443 e. The topological polar surface area (TPSA) is 123 Å². The second kappa shape index (κ2) is 16.0. The maximum atomic E-state index is 12.6. The van der Waals surface area contributed by atoms with Crippen molar-refractivity contribution >= 4 is 39.5 Å². The highest BCUT2D eigenvalue weighted by Crippen LogP contribution is 2.37. The number of amides is 2. The zero-order chi connectivity index (χ0) is 32.5. The summed E-state index contributed by atoms with van der Waals surface area (Å²) in [4.78, 5) is 32.9. The molecule has 4 aromatic rings. The summed E-state index contributed by atoms with van der Waals surface area (Å²) in [5, 5.41) is 6.77. The molecule has 46 heavy (non-hydrogen) atoms. The van der Waals surface area contributed by atoms with Crippen molar-refractivity contribution in [2.24, 2.45) is 7.05 Å². The van der Waals surface area contributed by atoms with E-state index < -0.39 is 0 Å². The van der Waals surface area contributed by atoms with Gasteiger partial charge in [0.1, 0.15) is 12.1 Å². The fourth-order valence-corrected chi connectivity index (χ4v) is 6.05. The largest absolute Gasteiger partial charge is 0.443 e. The van der Waals surface area contributed by atoms with Crippen LogP contribution in [-0.2, 0) is 37.4 Å². The highest BCUT2D eigenvalue weighted by Gasteiger charge is 2.37. The predicted molar refractivity (Wildman–Crippen MR) is 177 cm³/mol. The number of benzene rings is 2. The number of fused-ring (bicyclic) bond motifs is 2. The molecule has 0 bridgehead atoms. The van der Waals surface area contributed by atoms with Gasteiger partial charge in [0.25, 0.3) is 0 Å². The SMILES string of the molecule is C=CC(=O)NCCOCCOCCOCC(=O)Nc1ccc2c([C@H]3CN(Cc4cccc5ocnc45)C[C@@H]3N(C)C)cn(C)c2c1. The van der Waals surface area contributed by atoms with Crippen LogP contribution >= 0.6 is 0 Å². The van der Waals surface area contributed by atoms with Crippen LogP contribution in [0.15, 0.2) is 66.1 Å². The number of hydrogen-bond donors (Lipinski definition) is 2. The summed E-state index contributed by atoms with van der Waals surface area (Å²) in [5.41, 5.74) is 6.02. The Morgan fingerprint density at radius 1 is 1.09 bits per heavy atom. The number of anilines is 1. The van der Waals surface area contributed by atoms with E-state index in [1.165, 1.54) is 29.0 Å². The van der Waals surface area contributed by atoms with E-state index in [2.05, 4.69) is 76.0 Å². The third-order valence-electron chi connectivity index (χ3n) is 8.28. The van der Waals surface area contributed by atoms with E-state index in [0.717, 1.165) is 41.9 Å². The number of carbonyl (C=O) groups is 2. The number of aromatic nitrogens is 2. The Morgan fingerprint density at radius 2 is 1.87 bits per heavy atom. The Morgan fingerprint density at radius 3 is 2.65 bits per heavy atom. The lowest BCUT2D eigenvalue weighted by Gasteiger charge is -2.25. The van der Waals surface area contributed by atoms with Gasteiger partial charge in [0, 0.05) is 62.5 Å². The van der Waals surface area contributed by atoms with Crippen LogP contribution in [0.25, 0.3) is 22.0 Å². The van der Waals surface area contributed by atoms with E-state index in [1.807, 2.05) is 24.3 Å². The van der Waals surface area contributed by atoms with E-state index in [4.69, 9.17) is 18.6 Å². The van der Waals surface area contributed by atoms with Crippen molar-refractivity contribution in [1.29, 1.82) is 0 Å². The van der Waals surface area contributed by atoms with E-state index in [0.29, 0.717) is 51.5 Å². The highest BCUT2D eigenvalue weighted by atomic mass is 16.5. The second-order valence-electron chi connectivity index (χ2n) is 11.7. The number of para-hydroxylation sites is 1. The van der Waals surface area contributed by atoms with Gasteiger partial charge in [0.05, 0.1) is 38.6 Å². The number of hydrogen-bond acceptors (Lipinski definition) is 9. The summed E-state index contributed by atoms with van der Waals surface area (Å²) in [6.07, 6.45) is 4.96. The number of likely N-dealkylation sites (tertiary alicyclic amines) is 1. The fraction of sp³-hybridized carbons (Fsp3) is 0.441. The maximum Gasteiger partial charge on any atom is 0.250 e. The summed E-state index contributed by atoms with van der Waals surface area (Å²) in [7, 11) is 6.35. The van der Waals surface area contributed by atoms with Crippen LogP contribution in [0.5, 0.6) is 0 Å². The van der Waals surface area contributed by atoms with Crippen LogP contribution in [-0.4, -0.2) is 111 Å². The number of nitrogens with zero attached hydrogens (tertiary/aromatic N) is 4. The molecule has 0 spiro atoms. The molecule has 0 saturated carbocycles. The van der Waals surface area contributed by atoms with Crippen molar-refractivity contribution < 1.29 is 28.2 Å². The molecule has 1 aliphatic heterocycles. The summed E-state index contributed by atoms with van der Waals surface area (Å²) in [6.45, 7) is 8.28. The molecule has 2 aromatic heterocycles. The third kappa shape index (κ3) is 8.39. The molecule has 12 heteroatoms. The first kappa shape index (κ1) is 33.3. The number of aryl methyl sites for hydroxylation is 1. The van der Waals surface area contributed by atoms with Gasteiger partial charge < -0.3 is 38.7 Å². The Labute approximate surface area is 269 Å². The quantitative estimate of drug-likeness (QED) is 0.134. The van der Waals surface area contributed by atoms with Gasteiger partial charge in [-0.1, -0.05) is 24.8 Å². The molecule has 2 aromatic carbocycles. The zero-order valence-electron chi connectivity index (χ0n) is 26.9. The molecular formula is C34H44N6O6. The van der Waals surface area contributed by atoms with Crippen LogP contribution in [0.3, 0.4) is 0 Å². The van der Waals surface area contributed by atoms with E-state index in [-0.39, 0.29) is 18.4 Å². The highest BCUT2D eigenvalue weighted by molar-refractivity contribution is 5.95. The van der Waals surface area contributed by atoms with Crippen molar-refractivity contribution in [3.8, 4) is 0 Å². The number of likely N-dealkylation sites (N-methyl/N-ethyl adjacent to an activating group) is 1. The summed E-state index contributed by atoms with van der Waals surface area (Å²) < 4.78 is 24.0. The lowest BCUT2D eigenvalue weighted by Crippen LogP contribution is -2.34. The van der Waals surface area contributed by atoms with Crippen molar-refractivity contribution in [2.75, 3.05) is 78.7 Å². The van der Waals surface area contributed by atoms with E-state index >= 15 is 0 Å². The first-order valence-corrected chi connectivity index (χ1v) is 15.6. The Bertz CT molecular complexity index is 1630. The summed E-state index contributed by atoms with van der Waals surface area (Å²) >= 11 is 0. The molecule has 1 saturated heterocycles. The molecule has 5 rings (SSSR count). The molecule has 246 valence electrons. The average molecular weight is 633 g/mol. The molecule has 1 aliphatic rings. The van der Waals surface area contributed by atoms with Crippen LogP contribution in [0.4, 0.5) is 5.69 Å². The normalized spacial score (nSPS) is 16.9. The smallest absolute Gasteiger partial charge is 0.250 e. The number of oxazole rings is 1. The molecule has 1 fully saturated rings. The Hall–Kier alpha value is -4.07. The van der Waals surface area contributed by atoms with E-state index in [1.54, 1.807) is 0 Å². The van der Waals surface area contributed by atoms with Gasteiger partial charge in [-0.25, -0.2) is 4.98 Å². The first-order chi connectivity index (χ1) is 22.3. The molecule has 0 radical (unpaired) electrons. The van der Waals surface area contributed by atoms with Crippen LogP contribution in [0, 0.1) is 0 Å². The number of nitrogens with one attached hydrogen (secondary N) is 2. The number of rotatable bonds is 17. The number of ether oxygens (including phenoxy) is 3. The Kier molecular flexibility index (Phi) is 11.6. The maximum absolute atomic E-state index is 12.6. The van der Waals surface area contributed by atoms with Crippen molar-refractivity contribution in [3.63, 3.8) is 0 Å². The second-order valence-corrected chi connectivity index (χ2v) is 11.7. The molecule has 2 atom stereocenters. The standard InChI is InChI=1S/C34H44N6O6/c1-5-32(41)35-11-12-43-13-14-44-15-16-45-22-33(42)37-25-9-10-26-27(19-39(4)29(26)17-25)28-20-40(21-30(28)38(2)3)18-24-7-6-8-31-34(24)36-23-46-31/h5-10,17,19,23,28,30H,1,11-16,18,20-22H2,2-4H3,(H,35,41)(H,37,42)/t28-,30+/m1/s1. The molecule has 2 N–H and O–H groups in total. The van der Waals surface area contributed by atoms with E-state index in [9.17, 15) is 9.59 Å². The van der Waals surface area contributed by atoms with Gasteiger partial charge in [-0.3, -0.25) is 14.5 Å². The van der Waals surface area contributed by atoms with Gasteiger partial charge in [0.15, 0.2) is 12.0 Å². The van der Waals surface area contributed by atoms with Gasteiger partial charge >= 0.3 is 0 Å². The first-order valence-electron chi connectivity index (χ1n) is 15.6. The van der Waals surface area contributed by atoms with Crippen LogP contribution in [0.2, 0.25) is 0 Å². The molecule has 0 unspecified atom stereocenters. The van der Waals surface area contributed by atoms with Crippen LogP contribution < -0.4 is 10.6 Å².